The number of thioether (sulfide) groups is 1. The van der Waals surface area contributed by atoms with Crippen molar-refractivity contribution in [1.29, 1.82) is 0 Å². The topological polar surface area (TPSA) is 95.4 Å². The van der Waals surface area contributed by atoms with Gasteiger partial charge in [0.2, 0.25) is 0 Å². The van der Waals surface area contributed by atoms with Gasteiger partial charge in [0.25, 0.3) is 5.91 Å². The van der Waals surface area contributed by atoms with Crippen LogP contribution in [0.4, 0.5) is 4.79 Å². The van der Waals surface area contributed by atoms with Gasteiger partial charge < -0.3 is 15.3 Å². The Morgan fingerprint density at radius 1 is 1.28 bits per heavy atom. The first-order valence-electron chi connectivity index (χ1n) is 9.00. The van der Waals surface area contributed by atoms with Gasteiger partial charge in [0.15, 0.2) is 5.16 Å². The zero-order valence-corrected chi connectivity index (χ0v) is 18.0. The lowest BCUT2D eigenvalue weighted by atomic mass is 9.91. The van der Waals surface area contributed by atoms with Crippen LogP contribution in [0.15, 0.2) is 29.6 Å². The smallest absolute Gasteiger partial charge is 0.407 e. The molecule has 0 aliphatic carbocycles. The van der Waals surface area contributed by atoms with Crippen molar-refractivity contribution in [2.24, 2.45) is 0 Å². The lowest BCUT2D eigenvalue weighted by Gasteiger charge is -2.30. The lowest BCUT2D eigenvalue weighted by molar-refractivity contribution is 0.0945. The van der Waals surface area contributed by atoms with Crippen molar-refractivity contribution in [3.63, 3.8) is 0 Å². The highest BCUT2D eigenvalue weighted by molar-refractivity contribution is 7.98. The molecule has 1 saturated heterocycles. The molecule has 2 aromatic rings. The fourth-order valence-electron chi connectivity index (χ4n) is 3.23. The van der Waals surface area contributed by atoms with Gasteiger partial charge in [0.1, 0.15) is 0 Å². The number of hydrogen-bond donors (Lipinski definition) is 2. The third-order valence-electron chi connectivity index (χ3n) is 4.81. The number of likely N-dealkylation sites (tertiary alicyclic amines) is 1. The van der Waals surface area contributed by atoms with Crippen LogP contribution >= 0.6 is 35.0 Å². The molecule has 7 nitrogen and oxygen atoms in total. The maximum absolute atomic E-state index is 12.8. The summed E-state index contributed by atoms with van der Waals surface area (Å²) in [5.41, 5.74) is 1.91. The molecule has 3 rings (SSSR count). The molecule has 0 saturated carbocycles. The summed E-state index contributed by atoms with van der Waals surface area (Å²) in [6.45, 7) is 1.13. The van der Waals surface area contributed by atoms with Crippen LogP contribution in [-0.4, -0.2) is 51.3 Å². The molecule has 29 heavy (non-hydrogen) atoms. The van der Waals surface area contributed by atoms with Gasteiger partial charge in [0.05, 0.1) is 21.3 Å². The highest BCUT2D eigenvalue weighted by Crippen LogP contribution is 2.30. The van der Waals surface area contributed by atoms with Gasteiger partial charge in [-0.1, -0.05) is 41.0 Å². The van der Waals surface area contributed by atoms with Crippen LogP contribution < -0.4 is 5.32 Å². The van der Waals surface area contributed by atoms with Crippen LogP contribution in [0.25, 0.3) is 0 Å². The molecule has 154 valence electrons. The van der Waals surface area contributed by atoms with E-state index >= 15 is 0 Å². The minimum atomic E-state index is -0.921. The highest BCUT2D eigenvalue weighted by atomic mass is 35.5. The molecule has 2 heterocycles. The number of carboxylic acid groups (broad SMARTS) is 1. The standard InChI is InChI=1S/C19H20Cl2N4O3S/c1-29-18-23-10-13(16(24-18)12-4-6-25(7-5-12)19(27)28)17(26)22-9-11-2-3-14(20)15(21)8-11/h2-3,8,10,12H,4-7,9H2,1H3,(H,22,26)(H,27,28). The van der Waals surface area contributed by atoms with Gasteiger partial charge in [-0.25, -0.2) is 14.8 Å². The number of carbonyl (C=O) groups excluding carboxylic acids is 1. The average Bonchev–Trinajstić information content (AvgIpc) is 2.74. The summed E-state index contributed by atoms with van der Waals surface area (Å²) in [6.07, 6.45) is 3.72. The molecule has 0 atom stereocenters. The van der Waals surface area contributed by atoms with E-state index in [0.29, 0.717) is 52.4 Å². The van der Waals surface area contributed by atoms with E-state index in [0.717, 1.165) is 5.56 Å². The first-order chi connectivity index (χ1) is 13.9. The largest absolute Gasteiger partial charge is 0.465 e. The van der Waals surface area contributed by atoms with Crippen LogP contribution in [-0.2, 0) is 6.54 Å². The molecule has 2 N–H and O–H groups in total. The number of nitrogens with zero attached hydrogens (tertiary/aromatic N) is 3. The molecule has 1 aliphatic rings. The molecule has 1 aromatic heterocycles. The van der Waals surface area contributed by atoms with Crippen LogP contribution in [0.5, 0.6) is 0 Å². The van der Waals surface area contributed by atoms with E-state index in [4.69, 9.17) is 28.3 Å². The fourth-order valence-corrected chi connectivity index (χ4v) is 3.90. The van der Waals surface area contributed by atoms with Crippen molar-refractivity contribution >= 4 is 47.0 Å². The Hall–Kier alpha value is -2.03. The van der Waals surface area contributed by atoms with Gasteiger partial charge in [-0.3, -0.25) is 4.79 Å². The molecule has 0 unspecified atom stereocenters. The minimum absolute atomic E-state index is 0.00484. The Morgan fingerprint density at radius 2 is 2.00 bits per heavy atom. The Morgan fingerprint density at radius 3 is 2.62 bits per heavy atom. The molecule has 0 bridgehead atoms. The maximum Gasteiger partial charge on any atom is 0.407 e. The molecule has 0 spiro atoms. The maximum atomic E-state index is 12.8. The predicted molar refractivity (Wildman–Crippen MR) is 113 cm³/mol. The Labute approximate surface area is 182 Å². The second-order valence-corrected chi connectivity index (χ2v) is 8.22. The summed E-state index contributed by atoms with van der Waals surface area (Å²) in [7, 11) is 0. The summed E-state index contributed by atoms with van der Waals surface area (Å²) in [4.78, 5) is 34.2. The Kier molecular flexibility index (Phi) is 7.21. The number of piperidine rings is 1. The number of benzene rings is 1. The average molecular weight is 455 g/mol. The molecular weight excluding hydrogens is 435 g/mol. The third-order valence-corrected chi connectivity index (χ3v) is 6.11. The van der Waals surface area contributed by atoms with Crippen molar-refractivity contribution in [1.82, 2.24) is 20.2 Å². The summed E-state index contributed by atoms with van der Waals surface area (Å²) in [5.74, 6) is -0.274. The first kappa shape index (κ1) is 21.7. The zero-order valence-electron chi connectivity index (χ0n) is 15.7. The van der Waals surface area contributed by atoms with Crippen molar-refractivity contribution in [3.05, 3.63) is 51.3 Å². The molecule has 2 amide bonds. The Balaban J connectivity index is 1.76. The first-order valence-corrected chi connectivity index (χ1v) is 11.0. The molecule has 1 aliphatic heterocycles. The van der Waals surface area contributed by atoms with Gasteiger partial charge in [-0.2, -0.15) is 0 Å². The molecule has 1 aromatic carbocycles. The minimum Gasteiger partial charge on any atom is -0.465 e. The number of nitrogens with one attached hydrogen (secondary N) is 1. The van der Waals surface area contributed by atoms with E-state index in [9.17, 15) is 9.59 Å². The quantitative estimate of drug-likeness (QED) is 0.516. The van der Waals surface area contributed by atoms with Crippen molar-refractivity contribution < 1.29 is 14.7 Å². The van der Waals surface area contributed by atoms with E-state index < -0.39 is 6.09 Å². The molecule has 1 fully saturated rings. The third kappa shape index (κ3) is 5.32. The second kappa shape index (κ2) is 9.65. The van der Waals surface area contributed by atoms with E-state index in [1.807, 2.05) is 6.26 Å². The molecule has 10 heteroatoms. The van der Waals surface area contributed by atoms with E-state index in [2.05, 4.69) is 15.3 Å². The molecule has 0 radical (unpaired) electrons. The zero-order chi connectivity index (χ0) is 21.0. The summed E-state index contributed by atoms with van der Waals surface area (Å²) in [5, 5.41) is 13.5. The van der Waals surface area contributed by atoms with Crippen LogP contribution in [0.1, 0.15) is 40.4 Å². The Bertz CT molecular complexity index is 920. The van der Waals surface area contributed by atoms with Crippen molar-refractivity contribution in [2.45, 2.75) is 30.5 Å². The number of amides is 2. The number of aromatic nitrogens is 2. The molecular formula is C19H20Cl2N4O3S. The monoisotopic (exact) mass is 454 g/mol. The number of hydrogen-bond acceptors (Lipinski definition) is 5. The summed E-state index contributed by atoms with van der Waals surface area (Å²) in [6, 6.07) is 5.19. The van der Waals surface area contributed by atoms with Crippen LogP contribution in [0.3, 0.4) is 0 Å². The van der Waals surface area contributed by atoms with Gasteiger partial charge >= 0.3 is 6.09 Å². The van der Waals surface area contributed by atoms with Gasteiger partial charge in [-0.15, -0.1) is 0 Å². The van der Waals surface area contributed by atoms with E-state index in [1.54, 1.807) is 24.4 Å². The van der Waals surface area contributed by atoms with Gasteiger partial charge in [0, 0.05) is 31.7 Å². The summed E-state index contributed by atoms with van der Waals surface area (Å²) >= 11 is 13.4. The van der Waals surface area contributed by atoms with Crippen LogP contribution in [0.2, 0.25) is 10.0 Å². The van der Waals surface area contributed by atoms with E-state index in [-0.39, 0.29) is 18.4 Å². The van der Waals surface area contributed by atoms with Crippen LogP contribution in [0, 0.1) is 0 Å². The van der Waals surface area contributed by atoms with Gasteiger partial charge in [-0.05, 0) is 36.8 Å². The summed E-state index contributed by atoms with van der Waals surface area (Å²) < 4.78 is 0. The SMILES string of the molecule is CSc1ncc(C(=O)NCc2ccc(Cl)c(Cl)c2)c(C2CCN(C(=O)O)CC2)n1. The highest BCUT2D eigenvalue weighted by Gasteiger charge is 2.28. The number of rotatable bonds is 5. The second-order valence-electron chi connectivity index (χ2n) is 6.63. The number of carbonyl (C=O) groups is 2. The lowest BCUT2D eigenvalue weighted by Crippen LogP contribution is -2.37. The van der Waals surface area contributed by atoms with Crippen molar-refractivity contribution in [2.75, 3.05) is 19.3 Å². The predicted octanol–water partition coefficient (Wildman–Crippen LogP) is 4.29. The fraction of sp³-hybridized carbons (Fsp3) is 0.368. The normalized spacial score (nSPS) is 14.7. The van der Waals surface area contributed by atoms with E-state index in [1.165, 1.54) is 16.7 Å². The van der Waals surface area contributed by atoms with Crippen molar-refractivity contribution in [3.8, 4) is 0 Å². The number of halogens is 2.